The van der Waals surface area contributed by atoms with Crippen LogP contribution in [0.4, 0.5) is 0 Å². The Morgan fingerprint density at radius 1 is 1.80 bits per heavy atom. The molecule has 0 aromatic rings. The zero-order valence-corrected chi connectivity index (χ0v) is 5.78. The van der Waals surface area contributed by atoms with Gasteiger partial charge in [-0.05, 0) is 0 Å². The number of phosphoric acid groups is 1. The molecule has 0 spiro atoms. The molecule has 7 heteroatoms. The standard InChI is InChI=1S/C3H7N2O4P/c4-1-3(5)2-9-10(6,7)8/h3H,2,5H2,(H2,6,7,8)/p-2. The summed E-state index contributed by atoms with van der Waals surface area (Å²) in [5.41, 5.74) is 4.90. The lowest BCUT2D eigenvalue weighted by Gasteiger charge is -2.28. The van der Waals surface area contributed by atoms with Gasteiger partial charge in [-0.25, -0.2) is 0 Å². The molecular formula is C3H5N2O4P-2. The van der Waals surface area contributed by atoms with Gasteiger partial charge in [0, 0.05) is 0 Å². The van der Waals surface area contributed by atoms with Crippen LogP contribution >= 0.6 is 7.82 Å². The van der Waals surface area contributed by atoms with Crippen LogP contribution in [0.5, 0.6) is 0 Å². The Labute approximate surface area is 57.5 Å². The first-order chi connectivity index (χ1) is 4.45. The van der Waals surface area contributed by atoms with Gasteiger partial charge in [0.2, 0.25) is 0 Å². The van der Waals surface area contributed by atoms with Gasteiger partial charge in [-0.3, -0.25) is 0 Å². The van der Waals surface area contributed by atoms with Crippen molar-refractivity contribution in [3.8, 4) is 6.07 Å². The van der Waals surface area contributed by atoms with Gasteiger partial charge in [0.25, 0.3) is 0 Å². The lowest BCUT2D eigenvalue weighted by Crippen LogP contribution is -2.27. The van der Waals surface area contributed by atoms with Crippen LogP contribution in [0.3, 0.4) is 0 Å². The molecule has 0 aliphatic rings. The number of nitriles is 1. The molecule has 2 N–H and O–H groups in total. The van der Waals surface area contributed by atoms with Gasteiger partial charge < -0.3 is 24.6 Å². The predicted molar refractivity (Wildman–Crippen MR) is 27.1 cm³/mol. The summed E-state index contributed by atoms with van der Waals surface area (Å²) in [6.45, 7) is -0.583. The molecule has 0 aromatic heterocycles. The second-order valence-corrected chi connectivity index (χ2v) is 2.63. The summed E-state index contributed by atoms with van der Waals surface area (Å²) in [6, 6.07) is 0.418. The fourth-order valence-electron chi connectivity index (χ4n) is 0.209. The van der Waals surface area contributed by atoms with Crippen molar-refractivity contribution >= 4 is 7.82 Å². The summed E-state index contributed by atoms with van der Waals surface area (Å²) < 4.78 is 13.4. The van der Waals surface area contributed by atoms with E-state index in [0.717, 1.165) is 0 Å². The monoisotopic (exact) mass is 164 g/mol. The van der Waals surface area contributed by atoms with Crippen molar-refractivity contribution in [2.75, 3.05) is 6.61 Å². The van der Waals surface area contributed by atoms with Gasteiger partial charge in [-0.2, -0.15) is 5.26 Å². The third kappa shape index (κ3) is 5.69. The molecule has 0 fully saturated rings. The Morgan fingerprint density at radius 3 is 2.60 bits per heavy atom. The predicted octanol–water partition coefficient (Wildman–Crippen LogP) is -2.32. The van der Waals surface area contributed by atoms with Gasteiger partial charge in [0.15, 0.2) is 0 Å². The van der Waals surface area contributed by atoms with Crippen molar-refractivity contribution in [3.63, 3.8) is 0 Å². The highest BCUT2D eigenvalue weighted by Crippen LogP contribution is 2.23. The summed E-state index contributed by atoms with van der Waals surface area (Å²) in [4.78, 5) is 19.5. The molecule has 0 amide bonds. The average Bonchev–Trinajstić information content (AvgIpc) is 1.81. The van der Waals surface area contributed by atoms with Gasteiger partial charge in [-0.15, -0.1) is 0 Å². The Balaban J connectivity index is 3.58. The molecule has 0 rings (SSSR count). The van der Waals surface area contributed by atoms with Crippen LogP contribution < -0.4 is 15.5 Å². The molecule has 1 unspecified atom stereocenters. The maximum absolute atomic E-state index is 9.74. The van der Waals surface area contributed by atoms with E-state index >= 15 is 0 Å². The molecule has 0 saturated carbocycles. The molecule has 1 atom stereocenters. The van der Waals surface area contributed by atoms with Crippen LogP contribution in [0.2, 0.25) is 0 Å². The lowest BCUT2D eigenvalue weighted by molar-refractivity contribution is -0.341. The Hall–Kier alpha value is -0.440. The first-order valence-corrected chi connectivity index (χ1v) is 3.73. The van der Waals surface area contributed by atoms with Crippen molar-refractivity contribution in [2.45, 2.75) is 6.04 Å². The highest BCUT2D eigenvalue weighted by molar-refractivity contribution is 7.43. The van der Waals surface area contributed by atoms with E-state index in [-0.39, 0.29) is 0 Å². The Kier molecular flexibility index (Phi) is 3.50. The van der Waals surface area contributed by atoms with Crippen LogP contribution in [0.1, 0.15) is 0 Å². The minimum Gasteiger partial charge on any atom is -0.790 e. The minimum absolute atomic E-state index is 0.583. The topological polar surface area (TPSA) is 122 Å². The molecular weight excluding hydrogens is 159 g/mol. The van der Waals surface area contributed by atoms with Crippen molar-refractivity contribution in [1.29, 1.82) is 5.26 Å². The van der Waals surface area contributed by atoms with E-state index in [1.54, 1.807) is 0 Å². The van der Waals surface area contributed by atoms with Gasteiger partial charge >= 0.3 is 0 Å². The fraction of sp³-hybridized carbons (Fsp3) is 0.667. The number of hydrogen-bond donors (Lipinski definition) is 1. The van der Waals surface area contributed by atoms with Crippen LogP contribution in [0, 0.1) is 11.3 Å². The van der Waals surface area contributed by atoms with Gasteiger partial charge in [0.05, 0.1) is 20.5 Å². The molecule has 0 heterocycles. The maximum atomic E-state index is 9.74. The van der Waals surface area contributed by atoms with E-state index < -0.39 is 20.5 Å². The summed E-state index contributed by atoms with van der Waals surface area (Å²) >= 11 is 0. The quantitative estimate of drug-likeness (QED) is 0.467. The van der Waals surface area contributed by atoms with Crippen LogP contribution in [0.15, 0.2) is 0 Å². The Bertz CT molecular complexity index is 181. The van der Waals surface area contributed by atoms with E-state index in [0.29, 0.717) is 0 Å². The van der Waals surface area contributed by atoms with E-state index in [4.69, 9.17) is 11.0 Å². The Morgan fingerprint density at radius 2 is 2.30 bits per heavy atom. The normalized spacial score (nSPS) is 14.2. The van der Waals surface area contributed by atoms with Crippen LogP contribution in [0.25, 0.3) is 0 Å². The molecule has 6 nitrogen and oxygen atoms in total. The zero-order valence-electron chi connectivity index (χ0n) is 4.89. The molecule has 0 bridgehead atoms. The number of nitrogens with zero attached hydrogens (tertiary/aromatic N) is 1. The average molecular weight is 164 g/mol. The summed E-state index contributed by atoms with van der Waals surface area (Å²) in [6.07, 6.45) is 0. The SMILES string of the molecule is N#CC(N)COP(=O)([O-])[O-]. The number of hydrogen-bond acceptors (Lipinski definition) is 6. The van der Waals surface area contributed by atoms with E-state index in [1.807, 2.05) is 0 Å². The molecule has 0 aromatic carbocycles. The molecule has 0 radical (unpaired) electrons. The number of rotatable bonds is 3. The van der Waals surface area contributed by atoms with Crippen LogP contribution in [-0.2, 0) is 9.09 Å². The zero-order chi connectivity index (χ0) is 8.20. The van der Waals surface area contributed by atoms with Crippen molar-refractivity contribution < 1.29 is 18.9 Å². The summed E-state index contributed by atoms with van der Waals surface area (Å²) in [5, 5.41) is 7.98. The molecule has 0 saturated heterocycles. The minimum atomic E-state index is -4.96. The highest BCUT2D eigenvalue weighted by atomic mass is 31.2. The van der Waals surface area contributed by atoms with E-state index in [9.17, 15) is 14.4 Å². The third-order valence-corrected chi connectivity index (χ3v) is 1.04. The second-order valence-electron chi connectivity index (χ2n) is 1.48. The van der Waals surface area contributed by atoms with Crippen molar-refractivity contribution in [3.05, 3.63) is 0 Å². The van der Waals surface area contributed by atoms with E-state index in [2.05, 4.69) is 4.52 Å². The summed E-state index contributed by atoms with van der Waals surface area (Å²) in [5.74, 6) is 0. The smallest absolute Gasteiger partial charge is 0.117 e. The van der Waals surface area contributed by atoms with E-state index in [1.165, 1.54) is 6.07 Å². The third-order valence-electron chi connectivity index (χ3n) is 0.578. The maximum Gasteiger partial charge on any atom is 0.117 e. The van der Waals surface area contributed by atoms with Crippen LogP contribution in [-0.4, -0.2) is 12.6 Å². The van der Waals surface area contributed by atoms with Gasteiger partial charge in [-0.1, -0.05) is 0 Å². The molecule has 10 heavy (non-hydrogen) atoms. The first-order valence-electron chi connectivity index (χ1n) is 2.27. The van der Waals surface area contributed by atoms with Crippen molar-refractivity contribution in [1.82, 2.24) is 0 Å². The number of nitrogens with two attached hydrogens (primary N) is 1. The molecule has 0 aliphatic heterocycles. The fourth-order valence-corrected chi connectivity index (χ4v) is 0.552. The summed E-state index contributed by atoms with van der Waals surface area (Å²) in [7, 11) is -4.96. The molecule has 0 aliphatic carbocycles. The second kappa shape index (κ2) is 3.66. The molecule has 58 valence electrons. The first kappa shape index (κ1) is 9.56. The number of phosphoric ester groups is 1. The van der Waals surface area contributed by atoms with Crippen molar-refractivity contribution in [2.24, 2.45) is 5.73 Å². The lowest BCUT2D eigenvalue weighted by atomic mass is 10.4. The highest BCUT2D eigenvalue weighted by Gasteiger charge is 1.99. The van der Waals surface area contributed by atoms with Gasteiger partial charge in [0.1, 0.15) is 6.04 Å². The largest absolute Gasteiger partial charge is 0.790 e.